The Hall–Kier alpha value is -1.95. The Morgan fingerprint density at radius 3 is 2.82 bits per heavy atom. The van der Waals surface area contributed by atoms with Gasteiger partial charge in [0.05, 0.1) is 6.61 Å². The zero-order valence-electron chi connectivity index (χ0n) is 17.8. The van der Waals surface area contributed by atoms with E-state index in [4.69, 9.17) is 14.2 Å². The summed E-state index contributed by atoms with van der Waals surface area (Å²) in [6.45, 7) is 8.24. The number of hydrogen-bond acceptors (Lipinski definition) is 4. The van der Waals surface area contributed by atoms with E-state index in [1.165, 1.54) is 24.8 Å². The van der Waals surface area contributed by atoms with Crippen LogP contribution in [-0.4, -0.2) is 57.4 Å². The van der Waals surface area contributed by atoms with Crippen molar-refractivity contribution in [1.82, 2.24) is 10.2 Å². The molecule has 0 aliphatic carbocycles. The van der Waals surface area contributed by atoms with Gasteiger partial charge in [-0.3, -0.25) is 4.99 Å². The summed E-state index contributed by atoms with van der Waals surface area (Å²) in [7, 11) is 3.94. The Balaban J connectivity index is 1.58. The molecule has 1 unspecified atom stereocenters. The first-order valence-electron chi connectivity index (χ1n) is 10.6. The first-order valence-corrected chi connectivity index (χ1v) is 10.6. The molecule has 1 atom stereocenters. The second-order valence-electron chi connectivity index (χ2n) is 7.80. The van der Waals surface area contributed by atoms with Crippen molar-refractivity contribution in [2.24, 2.45) is 10.9 Å². The highest BCUT2D eigenvalue weighted by atomic mass is 16.5. The van der Waals surface area contributed by atoms with Gasteiger partial charge in [-0.05, 0) is 51.2 Å². The van der Waals surface area contributed by atoms with Gasteiger partial charge in [-0.25, -0.2) is 0 Å². The molecular weight excluding hydrogens is 354 g/mol. The monoisotopic (exact) mass is 389 g/mol. The van der Waals surface area contributed by atoms with Crippen molar-refractivity contribution >= 4 is 5.96 Å². The summed E-state index contributed by atoms with van der Waals surface area (Å²) in [6.07, 6.45) is 4.70. The first kappa shape index (κ1) is 20.8. The lowest BCUT2D eigenvalue weighted by Gasteiger charge is -2.27. The molecule has 28 heavy (non-hydrogen) atoms. The van der Waals surface area contributed by atoms with E-state index < -0.39 is 0 Å². The van der Waals surface area contributed by atoms with Crippen molar-refractivity contribution in [2.75, 3.05) is 40.5 Å². The summed E-state index contributed by atoms with van der Waals surface area (Å²) in [5.41, 5.74) is 2.34. The van der Waals surface area contributed by atoms with Gasteiger partial charge in [-0.1, -0.05) is 0 Å². The van der Waals surface area contributed by atoms with Crippen molar-refractivity contribution in [3.05, 3.63) is 23.3 Å². The van der Waals surface area contributed by atoms with Crippen molar-refractivity contribution in [2.45, 2.75) is 52.2 Å². The standard InChI is InChI=1S/C22H35N3O3/c1-5-27-20-13-18-12-16(2)28-21(18)14-19(20)15-24-22(23-3)25(4)9-6-17-7-10-26-11-8-17/h13-14,16-17H,5-12,15H2,1-4H3,(H,23,24). The van der Waals surface area contributed by atoms with Gasteiger partial charge in [0, 0.05) is 57.9 Å². The van der Waals surface area contributed by atoms with Crippen LogP contribution < -0.4 is 14.8 Å². The smallest absolute Gasteiger partial charge is 0.193 e. The van der Waals surface area contributed by atoms with E-state index in [2.05, 4.69) is 41.3 Å². The topological polar surface area (TPSA) is 55.3 Å². The van der Waals surface area contributed by atoms with Crippen LogP contribution in [-0.2, 0) is 17.7 Å². The zero-order valence-corrected chi connectivity index (χ0v) is 17.8. The van der Waals surface area contributed by atoms with E-state index in [9.17, 15) is 0 Å². The highest BCUT2D eigenvalue weighted by Crippen LogP contribution is 2.35. The lowest BCUT2D eigenvalue weighted by molar-refractivity contribution is 0.0625. The Labute approximate surface area is 169 Å². The third-order valence-electron chi connectivity index (χ3n) is 5.60. The predicted octanol–water partition coefficient (Wildman–Crippen LogP) is 3.23. The van der Waals surface area contributed by atoms with E-state index >= 15 is 0 Å². The second kappa shape index (κ2) is 10.0. The molecule has 0 saturated carbocycles. The fourth-order valence-electron chi connectivity index (χ4n) is 3.99. The largest absolute Gasteiger partial charge is 0.494 e. The summed E-state index contributed by atoms with van der Waals surface area (Å²) in [5, 5.41) is 3.49. The number of aliphatic imine (C=N–C) groups is 1. The van der Waals surface area contributed by atoms with Crippen molar-refractivity contribution < 1.29 is 14.2 Å². The molecule has 156 valence electrons. The van der Waals surface area contributed by atoms with Crippen LogP contribution in [0.25, 0.3) is 0 Å². The average Bonchev–Trinajstić information content (AvgIpc) is 3.06. The Morgan fingerprint density at radius 2 is 2.11 bits per heavy atom. The number of hydrogen-bond donors (Lipinski definition) is 1. The van der Waals surface area contributed by atoms with Crippen molar-refractivity contribution in [3.8, 4) is 11.5 Å². The lowest BCUT2D eigenvalue weighted by atomic mass is 9.96. The molecule has 2 heterocycles. The molecule has 0 spiro atoms. The lowest BCUT2D eigenvalue weighted by Crippen LogP contribution is -2.39. The first-order chi connectivity index (χ1) is 13.6. The quantitative estimate of drug-likeness (QED) is 0.573. The van der Waals surface area contributed by atoms with Crippen LogP contribution in [0.2, 0.25) is 0 Å². The van der Waals surface area contributed by atoms with Crippen molar-refractivity contribution in [3.63, 3.8) is 0 Å². The Kier molecular flexibility index (Phi) is 7.43. The molecule has 1 N–H and O–H groups in total. The van der Waals surface area contributed by atoms with Crippen LogP contribution >= 0.6 is 0 Å². The van der Waals surface area contributed by atoms with Gasteiger partial charge < -0.3 is 24.4 Å². The number of benzene rings is 1. The van der Waals surface area contributed by atoms with Gasteiger partial charge in [-0.15, -0.1) is 0 Å². The summed E-state index contributed by atoms with van der Waals surface area (Å²) in [6, 6.07) is 4.25. The Bertz CT molecular complexity index is 671. The third-order valence-corrected chi connectivity index (χ3v) is 5.60. The van der Waals surface area contributed by atoms with Crippen LogP contribution in [0.5, 0.6) is 11.5 Å². The zero-order chi connectivity index (χ0) is 19.9. The predicted molar refractivity (Wildman–Crippen MR) is 112 cm³/mol. The van der Waals surface area contributed by atoms with Crippen LogP contribution in [0.4, 0.5) is 0 Å². The van der Waals surface area contributed by atoms with Gasteiger partial charge in [-0.2, -0.15) is 0 Å². The number of ether oxygens (including phenoxy) is 3. The van der Waals surface area contributed by atoms with Crippen LogP contribution in [0, 0.1) is 5.92 Å². The minimum atomic E-state index is 0.233. The maximum absolute atomic E-state index is 5.93. The summed E-state index contributed by atoms with van der Waals surface area (Å²) >= 11 is 0. The average molecular weight is 390 g/mol. The molecule has 0 amide bonds. The van der Waals surface area contributed by atoms with Gasteiger partial charge in [0.15, 0.2) is 5.96 Å². The normalized spacial score (nSPS) is 19.9. The summed E-state index contributed by atoms with van der Waals surface area (Å²) in [5.74, 6) is 3.58. The molecule has 1 aromatic carbocycles. The number of rotatable bonds is 7. The molecule has 1 aromatic rings. The summed E-state index contributed by atoms with van der Waals surface area (Å²) < 4.78 is 17.3. The number of fused-ring (bicyclic) bond motifs is 1. The van der Waals surface area contributed by atoms with Crippen LogP contribution in [0.1, 0.15) is 44.2 Å². The van der Waals surface area contributed by atoms with E-state index in [0.717, 1.165) is 55.1 Å². The molecule has 0 radical (unpaired) electrons. The molecule has 6 nitrogen and oxygen atoms in total. The van der Waals surface area contributed by atoms with Gasteiger partial charge >= 0.3 is 0 Å². The van der Waals surface area contributed by atoms with Crippen LogP contribution in [0.15, 0.2) is 17.1 Å². The van der Waals surface area contributed by atoms with E-state index in [1.54, 1.807) is 0 Å². The maximum Gasteiger partial charge on any atom is 0.193 e. The number of nitrogens with one attached hydrogen (secondary N) is 1. The highest BCUT2D eigenvalue weighted by Gasteiger charge is 2.22. The SMILES string of the molecule is CCOc1cc2c(cc1CNC(=NC)N(C)CCC1CCOCC1)OC(C)C2. The molecule has 1 saturated heterocycles. The van der Waals surface area contributed by atoms with E-state index in [1.807, 2.05) is 14.0 Å². The van der Waals surface area contributed by atoms with Gasteiger partial charge in [0.1, 0.15) is 17.6 Å². The molecule has 2 aliphatic heterocycles. The van der Waals surface area contributed by atoms with Gasteiger partial charge in [0.2, 0.25) is 0 Å². The van der Waals surface area contributed by atoms with Crippen LogP contribution in [0.3, 0.4) is 0 Å². The summed E-state index contributed by atoms with van der Waals surface area (Å²) in [4.78, 5) is 6.67. The van der Waals surface area contributed by atoms with Crippen molar-refractivity contribution in [1.29, 1.82) is 0 Å². The molecule has 1 fully saturated rings. The second-order valence-corrected chi connectivity index (χ2v) is 7.80. The van der Waals surface area contributed by atoms with Gasteiger partial charge in [0.25, 0.3) is 0 Å². The molecule has 2 aliphatic rings. The Morgan fingerprint density at radius 1 is 1.32 bits per heavy atom. The minimum absolute atomic E-state index is 0.233. The molecule has 3 rings (SSSR count). The fourth-order valence-corrected chi connectivity index (χ4v) is 3.99. The molecule has 6 heteroatoms. The molecular formula is C22H35N3O3. The number of guanidine groups is 1. The van der Waals surface area contributed by atoms with E-state index in [0.29, 0.717) is 13.2 Å². The molecule has 0 aromatic heterocycles. The highest BCUT2D eigenvalue weighted by molar-refractivity contribution is 5.79. The number of nitrogens with zero attached hydrogens (tertiary/aromatic N) is 2. The maximum atomic E-state index is 5.93. The molecule has 0 bridgehead atoms. The third kappa shape index (κ3) is 5.31. The fraction of sp³-hybridized carbons (Fsp3) is 0.682. The minimum Gasteiger partial charge on any atom is -0.494 e. The van der Waals surface area contributed by atoms with E-state index in [-0.39, 0.29) is 6.10 Å².